The smallest absolute Gasteiger partial charge is 0.340 e. The van der Waals surface area contributed by atoms with E-state index in [2.05, 4.69) is 5.32 Å². The van der Waals surface area contributed by atoms with E-state index in [1.807, 2.05) is 6.92 Å². The Morgan fingerprint density at radius 1 is 1.18 bits per heavy atom. The highest BCUT2D eigenvalue weighted by Gasteiger charge is 2.34. The monoisotopic (exact) mass is 521 g/mol. The van der Waals surface area contributed by atoms with Gasteiger partial charge in [0, 0.05) is 22.9 Å². The first kappa shape index (κ1) is 25.1. The van der Waals surface area contributed by atoms with E-state index in [1.165, 1.54) is 0 Å². The summed E-state index contributed by atoms with van der Waals surface area (Å²) in [6.45, 7) is 1.48. The first-order valence-corrected chi connectivity index (χ1v) is 11.9. The minimum atomic E-state index is -1.53. The summed E-state index contributed by atoms with van der Waals surface area (Å²) in [5, 5.41) is 21.8. The Labute approximate surface area is 214 Å². The zero-order valence-electron chi connectivity index (χ0n) is 20.3. The van der Waals surface area contributed by atoms with Crippen molar-refractivity contribution in [2.24, 2.45) is 0 Å². The number of pyridine rings is 2. The number of esters is 2. The lowest BCUT2D eigenvalue weighted by atomic mass is 9.97. The fraction of sp³-hybridized carbons (Fsp3) is 0.308. The molecule has 12 heteroatoms. The van der Waals surface area contributed by atoms with E-state index in [0.29, 0.717) is 23.3 Å². The van der Waals surface area contributed by atoms with E-state index in [4.69, 9.17) is 19.6 Å². The van der Waals surface area contributed by atoms with Crippen molar-refractivity contribution in [3.05, 3.63) is 56.9 Å². The van der Waals surface area contributed by atoms with Gasteiger partial charge in [-0.05, 0) is 36.2 Å². The molecule has 5 rings (SSSR count). The van der Waals surface area contributed by atoms with E-state index in [9.17, 15) is 29.1 Å². The number of aryl methyl sites for hydroxylation is 1. The molecule has 3 aromatic rings. The fourth-order valence-corrected chi connectivity index (χ4v) is 4.82. The standard InChI is InChI=1S/C26H23N3O9/c1-2-13-14-7-12(38-22(33)6-5-20(30)27-9-21(31)32)3-4-18(14)28-23-16(13)10-29-19(23)8-15-17(25(29)35)11-37-26(36)24(15)34/h3-4,7-8,24,34H,2,5-6,9-11H2,1H3,(H,27,30)(H,31,32). The number of carbonyl (C=O) groups excluding carboxylic acids is 3. The first-order chi connectivity index (χ1) is 18.2. The number of carbonyl (C=O) groups is 4. The van der Waals surface area contributed by atoms with Crippen LogP contribution in [0.5, 0.6) is 5.75 Å². The van der Waals surface area contributed by atoms with Gasteiger partial charge in [-0.25, -0.2) is 9.78 Å². The van der Waals surface area contributed by atoms with Crippen molar-refractivity contribution in [3.8, 4) is 17.1 Å². The Bertz CT molecular complexity index is 1590. The van der Waals surface area contributed by atoms with Crippen molar-refractivity contribution in [3.63, 3.8) is 0 Å². The van der Waals surface area contributed by atoms with Crippen LogP contribution < -0.4 is 15.6 Å². The Balaban J connectivity index is 1.44. The summed E-state index contributed by atoms with van der Waals surface area (Å²) in [5.74, 6) is -2.95. The van der Waals surface area contributed by atoms with Crippen LogP contribution in [0.3, 0.4) is 0 Å². The van der Waals surface area contributed by atoms with Gasteiger partial charge in [0.2, 0.25) is 5.91 Å². The number of aromatic nitrogens is 2. The number of ether oxygens (including phenoxy) is 2. The second-order valence-electron chi connectivity index (χ2n) is 8.96. The normalized spacial score (nSPS) is 15.3. The van der Waals surface area contributed by atoms with Gasteiger partial charge in [0.15, 0.2) is 6.10 Å². The average Bonchev–Trinajstić information content (AvgIpc) is 3.25. The zero-order valence-corrected chi connectivity index (χ0v) is 20.3. The summed E-state index contributed by atoms with van der Waals surface area (Å²) in [7, 11) is 0. The van der Waals surface area contributed by atoms with Crippen molar-refractivity contribution >= 4 is 34.7 Å². The molecule has 4 heterocycles. The summed E-state index contributed by atoms with van der Waals surface area (Å²) in [5.41, 5.74) is 3.53. The second-order valence-corrected chi connectivity index (χ2v) is 8.96. The molecule has 38 heavy (non-hydrogen) atoms. The highest BCUT2D eigenvalue weighted by molar-refractivity contribution is 5.90. The topological polar surface area (TPSA) is 174 Å². The number of amides is 1. The number of benzene rings is 1. The van der Waals surface area contributed by atoms with Gasteiger partial charge in [0.1, 0.15) is 18.9 Å². The Morgan fingerprint density at radius 3 is 2.71 bits per heavy atom. The molecule has 2 aliphatic heterocycles. The number of nitrogens with one attached hydrogen (secondary N) is 1. The van der Waals surface area contributed by atoms with Crippen molar-refractivity contribution in [2.75, 3.05) is 6.54 Å². The number of cyclic esters (lactones) is 1. The second kappa shape index (κ2) is 9.71. The number of aliphatic hydroxyl groups is 1. The van der Waals surface area contributed by atoms with Crippen LogP contribution in [0.25, 0.3) is 22.3 Å². The first-order valence-electron chi connectivity index (χ1n) is 11.9. The molecule has 0 bridgehead atoms. The van der Waals surface area contributed by atoms with E-state index < -0.39 is 36.5 Å². The van der Waals surface area contributed by atoms with Gasteiger partial charge in [0.25, 0.3) is 5.56 Å². The van der Waals surface area contributed by atoms with E-state index in [-0.39, 0.29) is 48.4 Å². The zero-order chi connectivity index (χ0) is 27.1. The van der Waals surface area contributed by atoms with E-state index in [1.54, 1.807) is 28.8 Å². The van der Waals surface area contributed by atoms with Crippen molar-refractivity contribution in [2.45, 2.75) is 45.4 Å². The molecule has 1 amide bonds. The van der Waals surface area contributed by atoms with Gasteiger partial charge in [-0.15, -0.1) is 0 Å². The number of carboxylic acid groups (broad SMARTS) is 1. The molecule has 0 saturated carbocycles. The van der Waals surface area contributed by atoms with Crippen LogP contribution in [0, 0.1) is 0 Å². The largest absolute Gasteiger partial charge is 0.480 e. The van der Waals surface area contributed by atoms with Gasteiger partial charge in [-0.1, -0.05) is 6.92 Å². The molecule has 0 fully saturated rings. The van der Waals surface area contributed by atoms with Crippen molar-refractivity contribution < 1.29 is 38.9 Å². The SMILES string of the molecule is CCc1c2c(nc3ccc(OC(=O)CCC(=O)NCC(=O)O)cc13)-c1cc3c(c(=O)n1C2)COC(=O)C3O. The molecule has 0 saturated heterocycles. The summed E-state index contributed by atoms with van der Waals surface area (Å²) in [6.07, 6.45) is -1.38. The molecule has 0 spiro atoms. The van der Waals surface area contributed by atoms with E-state index >= 15 is 0 Å². The maximum absolute atomic E-state index is 13.2. The van der Waals surface area contributed by atoms with Gasteiger partial charge >= 0.3 is 17.9 Å². The van der Waals surface area contributed by atoms with Crippen LogP contribution in [-0.4, -0.2) is 50.1 Å². The Hall–Kier alpha value is -4.58. The molecule has 1 atom stereocenters. The van der Waals surface area contributed by atoms with Crippen LogP contribution >= 0.6 is 0 Å². The highest BCUT2D eigenvalue weighted by atomic mass is 16.5. The third kappa shape index (κ3) is 4.39. The number of aliphatic carboxylic acids is 1. The molecular formula is C26H23N3O9. The lowest BCUT2D eigenvalue weighted by Crippen LogP contribution is -2.32. The van der Waals surface area contributed by atoms with Gasteiger partial charge in [-0.2, -0.15) is 0 Å². The van der Waals surface area contributed by atoms with Crippen molar-refractivity contribution in [1.29, 1.82) is 0 Å². The van der Waals surface area contributed by atoms with Gasteiger partial charge in [0.05, 0.1) is 35.4 Å². The van der Waals surface area contributed by atoms with Crippen molar-refractivity contribution in [1.82, 2.24) is 14.9 Å². The van der Waals surface area contributed by atoms with Crippen LogP contribution in [0.4, 0.5) is 0 Å². The summed E-state index contributed by atoms with van der Waals surface area (Å²) in [6, 6.07) is 6.55. The third-order valence-corrected chi connectivity index (χ3v) is 6.62. The minimum Gasteiger partial charge on any atom is -0.480 e. The summed E-state index contributed by atoms with van der Waals surface area (Å²) < 4.78 is 11.9. The molecule has 196 valence electrons. The molecule has 0 radical (unpaired) electrons. The molecule has 3 N–H and O–H groups in total. The maximum Gasteiger partial charge on any atom is 0.340 e. The molecule has 0 aliphatic carbocycles. The minimum absolute atomic E-state index is 0.202. The van der Waals surface area contributed by atoms with Gasteiger partial charge in [-0.3, -0.25) is 19.2 Å². The van der Waals surface area contributed by atoms with Gasteiger partial charge < -0.3 is 29.6 Å². The summed E-state index contributed by atoms with van der Waals surface area (Å²) >= 11 is 0. The lowest BCUT2D eigenvalue weighted by molar-refractivity contribution is -0.157. The number of aliphatic hydroxyl groups excluding tert-OH is 1. The average molecular weight is 521 g/mol. The molecule has 2 aliphatic rings. The van der Waals surface area contributed by atoms with E-state index in [0.717, 1.165) is 16.5 Å². The predicted octanol–water partition coefficient (Wildman–Crippen LogP) is 0.964. The van der Waals surface area contributed by atoms with Crippen LogP contribution in [-0.2, 0) is 43.5 Å². The molecule has 1 aromatic carbocycles. The number of hydrogen-bond donors (Lipinski definition) is 3. The maximum atomic E-state index is 13.2. The highest BCUT2D eigenvalue weighted by Crippen LogP contribution is 2.38. The third-order valence-electron chi connectivity index (χ3n) is 6.62. The number of hydrogen-bond acceptors (Lipinski definition) is 9. The Kier molecular flexibility index (Phi) is 6.41. The molecule has 2 aromatic heterocycles. The Morgan fingerprint density at radius 2 is 1.97 bits per heavy atom. The lowest BCUT2D eigenvalue weighted by Gasteiger charge is -2.21. The predicted molar refractivity (Wildman–Crippen MR) is 130 cm³/mol. The van der Waals surface area contributed by atoms with Crippen LogP contribution in [0.15, 0.2) is 29.1 Å². The number of rotatable bonds is 7. The molecule has 1 unspecified atom stereocenters. The molecule has 12 nitrogen and oxygen atoms in total. The van der Waals surface area contributed by atoms with Crippen LogP contribution in [0.2, 0.25) is 0 Å². The summed E-state index contributed by atoms with van der Waals surface area (Å²) in [4.78, 5) is 64.2. The quantitative estimate of drug-likeness (QED) is 0.235. The fourth-order valence-electron chi connectivity index (χ4n) is 4.82. The van der Waals surface area contributed by atoms with Crippen LogP contribution in [0.1, 0.15) is 48.1 Å². The number of fused-ring (bicyclic) bond motifs is 5. The molecular weight excluding hydrogens is 498 g/mol. The number of carboxylic acids is 1. The number of nitrogens with zero attached hydrogens (tertiary/aromatic N) is 2.